The lowest BCUT2D eigenvalue weighted by atomic mass is 10.1. The van der Waals surface area contributed by atoms with Crippen LogP contribution in [-0.2, 0) is 0 Å². The van der Waals surface area contributed by atoms with Gasteiger partial charge in [0.2, 0.25) is 5.78 Å². The highest BCUT2D eigenvalue weighted by atomic mass is 16.5. The van der Waals surface area contributed by atoms with Gasteiger partial charge in [-0.3, -0.25) is 4.79 Å². The summed E-state index contributed by atoms with van der Waals surface area (Å²) in [6.07, 6.45) is 3.00. The summed E-state index contributed by atoms with van der Waals surface area (Å²) < 4.78 is 10.8. The fourth-order valence-electron chi connectivity index (χ4n) is 2.31. The van der Waals surface area contributed by atoms with Crippen LogP contribution in [0.25, 0.3) is 17.0 Å². The molecular weight excluding hydrogens is 308 g/mol. The van der Waals surface area contributed by atoms with Crippen LogP contribution in [0.15, 0.2) is 59.0 Å². The number of carboxylic acid groups (broad SMARTS) is 1. The number of hydrogen-bond donors (Lipinski definition) is 1. The molecule has 2 aromatic carbocycles. The molecule has 0 spiro atoms. The Morgan fingerprint density at radius 1 is 1.12 bits per heavy atom. The fourth-order valence-corrected chi connectivity index (χ4v) is 2.31. The van der Waals surface area contributed by atoms with Gasteiger partial charge >= 0.3 is 5.97 Å². The second-order valence-electron chi connectivity index (χ2n) is 5.11. The van der Waals surface area contributed by atoms with Crippen molar-refractivity contribution in [2.24, 2.45) is 0 Å². The predicted octanol–water partition coefficient (Wildman–Crippen LogP) is 4.04. The Labute approximate surface area is 137 Å². The molecule has 0 unspecified atom stereocenters. The van der Waals surface area contributed by atoms with Crippen molar-refractivity contribution in [1.29, 1.82) is 0 Å². The third-order valence-electron chi connectivity index (χ3n) is 3.56. The van der Waals surface area contributed by atoms with E-state index in [4.69, 9.17) is 14.3 Å². The van der Waals surface area contributed by atoms with E-state index in [2.05, 4.69) is 0 Å². The first-order chi connectivity index (χ1) is 11.6. The maximum atomic E-state index is 12.2. The third-order valence-corrected chi connectivity index (χ3v) is 3.56. The van der Waals surface area contributed by atoms with E-state index in [1.54, 1.807) is 37.5 Å². The van der Waals surface area contributed by atoms with Gasteiger partial charge in [-0.1, -0.05) is 30.3 Å². The van der Waals surface area contributed by atoms with Gasteiger partial charge in [-0.15, -0.1) is 0 Å². The van der Waals surface area contributed by atoms with Crippen LogP contribution < -0.4 is 4.74 Å². The number of hydrogen-bond acceptors (Lipinski definition) is 4. The van der Waals surface area contributed by atoms with E-state index in [9.17, 15) is 9.59 Å². The summed E-state index contributed by atoms with van der Waals surface area (Å²) in [7, 11) is 1.54. The predicted molar refractivity (Wildman–Crippen MR) is 89.5 cm³/mol. The zero-order valence-electron chi connectivity index (χ0n) is 12.9. The van der Waals surface area contributed by atoms with Crippen LogP contribution in [0.5, 0.6) is 5.75 Å². The first-order valence-corrected chi connectivity index (χ1v) is 7.21. The number of carbonyl (C=O) groups is 2. The van der Waals surface area contributed by atoms with Gasteiger partial charge in [0.1, 0.15) is 0 Å². The summed E-state index contributed by atoms with van der Waals surface area (Å²) in [5.41, 5.74) is 1.45. The van der Waals surface area contributed by atoms with E-state index in [-0.39, 0.29) is 17.1 Å². The topological polar surface area (TPSA) is 76.7 Å². The van der Waals surface area contributed by atoms with Crippen molar-refractivity contribution in [3.8, 4) is 5.75 Å². The lowest BCUT2D eigenvalue weighted by Gasteiger charge is -1.98. The molecule has 0 aliphatic heterocycles. The number of carboxylic acids is 1. The Morgan fingerprint density at radius 3 is 2.54 bits per heavy atom. The van der Waals surface area contributed by atoms with E-state index in [0.29, 0.717) is 11.3 Å². The Kier molecular flexibility index (Phi) is 4.16. The fraction of sp³-hybridized carbons (Fsp3) is 0.0526. The molecule has 3 rings (SSSR count). The molecule has 0 bridgehead atoms. The smallest absolute Gasteiger partial charge is 0.335 e. The molecule has 1 aromatic heterocycles. The van der Waals surface area contributed by atoms with Crippen molar-refractivity contribution in [3.63, 3.8) is 0 Å². The molecule has 0 saturated heterocycles. The number of allylic oxidation sites excluding steroid dienone is 1. The second-order valence-corrected chi connectivity index (χ2v) is 5.11. The summed E-state index contributed by atoms with van der Waals surface area (Å²) in [6, 6.07) is 13.3. The minimum atomic E-state index is -0.988. The third kappa shape index (κ3) is 3.05. The van der Waals surface area contributed by atoms with Gasteiger partial charge in [0.25, 0.3) is 0 Å². The summed E-state index contributed by atoms with van der Waals surface area (Å²) >= 11 is 0. The van der Waals surface area contributed by atoms with Crippen LogP contribution in [0.4, 0.5) is 0 Å². The Balaban J connectivity index is 1.83. The van der Waals surface area contributed by atoms with Gasteiger partial charge in [0.15, 0.2) is 17.1 Å². The number of aromatic carboxylic acids is 1. The molecule has 0 radical (unpaired) electrons. The maximum Gasteiger partial charge on any atom is 0.335 e. The zero-order valence-corrected chi connectivity index (χ0v) is 12.9. The number of furan rings is 1. The summed E-state index contributed by atoms with van der Waals surface area (Å²) in [4.78, 5) is 23.1. The Hall–Kier alpha value is -3.34. The van der Waals surface area contributed by atoms with Crippen molar-refractivity contribution in [2.45, 2.75) is 0 Å². The van der Waals surface area contributed by atoms with E-state index in [0.717, 1.165) is 10.9 Å². The highest BCUT2D eigenvalue weighted by Crippen LogP contribution is 2.28. The van der Waals surface area contributed by atoms with Crippen molar-refractivity contribution in [1.82, 2.24) is 0 Å². The van der Waals surface area contributed by atoms with Crippen LogP contribution in [0.2, 0.25) is 0 Å². The summed E-state index contributed by atoms with van der Waals surface area (Å²) in [5.74, 6) is -0.485. The molecule has 0 atom stereocenters. The standard InChI is InChI=1S/C19H14O5/c1-23-16-4-2-3-14-11-17(24-18(14)16)15(20)10-7-12-5-8-13(9-6-12)19(21)22/h2-11H,1H3,(H,21,22). The highest BCUT2D eigenvalue weighted by Gasteiger charge is 2.12. The van der Waals surface area contributed by atoms with Crippen LogP contribution in [0.1, 0.15) is 26.5 Å². The Bertz CT molecular complexity index is 932. The maximum absolute atomic E-state index is 12.2. The SMILES string of the molecule is COc1cccc2cc(C(=O)C=Cc3ccc(C(=O)O)cc3)oc12. The summed E-state index contributed by atoms with van der Waals surface area (Å²) in [6.45, 7) is 0. The average molecular weight is 322 g/mol. The number of para-hydroxylation sites is 1. The zero-order chi connectivity index (χ0) is 17.1. The van der Waals surface area contributed by atoms with Gasteiger partial charge < -0.3 is 14.3 Å². The van der Waals surface area contributed by atoms with E-state index in [1.807, 2.05) is 12.1 Å². The molecule has 1 heterocycles. The normalized spacial score (nSPS) is 11.0. The number of ether oxygens (including phenoxy) is 1. The molecule has 0 fully saturated rings. The molecule has 5 heteroatoms. The van der Waals surface area contributed by atoms with E-state index < -0.39 is 5.97 Å². The molecule has 3 aromatic rings. The Morgan fingerprint density at radius 2 is 1.88 bits per heavy atom. The molecule has 0 aliphatic carbocycles. The average Bonchev–Trinajstić information content (AvgIpc) is 3.04. The monoisotopic (exact) mass is 322 g/mol. The number of carbonyl (C=O) groups excluding carboxylic acids is 1. The number of benzene rings is 2. The van der Waals surface area contributed by atoms with E-state index in [1.165, 1.54) is 18.2 Å². The molecule has 120 valence electrons. The van der Waals surface area contributed by atoms with Gasteiger partial charge in [0, 0.05) is 5.39 Å². The number of rotatable bonds is 5. The van der Waals surface area contributed by atoms with Gasteiger partial charge in [-0.2, -0.15) is 0 Å². The minimum absolute atomic E-state index is 0.197. The number of fused-ring (bicyclic) bond motifs is 1. The molecule has 5 nitrogen and oxygen atoms in total. The van der Waals surface area contributed by atoms with Crippen molar-refractivity contribution < 1.29 is 23.8 Å². The largest absolute Gasteiger partial charge is 0.493 e. The molecule has 1 N–H and O–H groups in total. The van der Waals surface area contributed by atoms with Crippen LogP contribution in [0, 0.1) is 0 Å². The lowest BCUT2D eigenvalue weighted by Crippen LogP contribution is -1.95. The van der Waals surface area contributed by atoms with Gasteiger partial charge in [-0.25, -0.2) is 4.79 Å². The number of methoxy groups -OCH3 is 1. The first-order valence-electron chi connectivity index (χ1n) is 7.21. The molecule has 0 amide bonds. The van der Waals surface area contributed by atoms with Crippen molar-refractivity contribution >= 4 is 28.8 Å². The molecule has 24 heavy (non-hydrogen) atoms. The van der Waals surface area contributed by atoms with Crippen LogP contribution >= 0.6 is 0 Å². The highest BCUT2D eigenvalue weighted by molar-refractivity contribution is 6.07. The minimum Gasteiger partial charge on any atom is -0.493 e. The van der Waals surface area contributed by atoms with Gasteiger partial charge in [-0.05, 0) is 35.9 Å². The first kappa shape index (κ1) is 15.6. The number of ketones is 1. The van der Waals surface area contributed by atoms with Gasteiger partial charge in [0.05, 0.1) is 12.7 Å². The lowest BCUT2D eigenvalue weighted by molar-refractivity contribution is 0.0696. The molecule has 0 aliphatic rings. The van der Waals surface area contributed by atoms with Crippen LogP contribution in [-0.4, -0.2) is 24.0 Å². The quantitative estimate of drug-likeness (QED) is 0.567. The van der Waals surface area contributed by atoms with Crippen LogP contribution in [0.3, 0.4) is 0 Å². The van der Waals surface area contributed by atoms with Crippen molar-refractivity contribution in [3.05, 3.63) is 71.5 Å². The van der Waals surface area contributed by atoms with E-state index >= 15 is 0 Å². The molecule has 0 saturated carbocycles. The second kappa shape index (κ2) is 6.42. The molecular formula is C19H14O5. The van der Waals surface area contributed by atoms with Crippen molar-refractivity contribution in [2.75, 3.05) is 7.11 Å². The summed E-state index contributed by atoms with van der Waals surface area (Å²) in [5, 5.41) is 9.65.